The normalized spacial score (nSPS) is 32.7. The highest BCUT2D eigenvalue weighted by Gasteiger charge is 2.16. The second-order valence-electron chi connectivity index (χ2n) is 4.04. The van der Waals surface area contributed by atoms with Crippen LogP contribution in [0.2, 0.25) is 0 Å². The van der Waals surface area contributed by atoms with Crippen molar-refractivity contribution in [2.24, 2.45) is 5.92 Å². The van der Waals surface area contributed by atoms with E-state index >= 15 is 0 Å². The van der Waals surface area contributed by atoms with E-state index in [1.807, 2.05) is 0 Å². The Labute approximate surface area is 69.8 Å². The summed E-state index contributed by atoms with van der Waals surface area (Å²) >= 11 is 0. The summed E-state index contributed by atoms with van der Waals surface area (Å²) < 4.78 is 0. The van der Waals surface area contributed by atoms with Crippen LogP contribution in [-0.2, 0) is 0 Å². The van der Waals surface area contributed by atoms with Crippen LogP contribution in [0.1, 0.15) is 27.2 Å². The third-order valence-electron chi connectivity index (χ3n) is 2.18. The maximum absolute atomic E-state index is 3.54. The zero-order valence-corrected chi connectivity index (χ0v) is 7.85. The van der Waals surface area contributed by atoms with E-state index in [9.17, 15) is 0 Å². The SMILES string of the molecule is CC(C)C[C@H]1CN[C@H](C)CN1. The van der Waals surface area contributed by atoms with Crippen molar-refractivity contribution in [2.75, 3.05) is 13.1 Å². The van der Waals surface area contributed by atoms with Gasteiger partial charge in [-0.05, 0) is 19.3 Å². The van der Waals surface area contributed by atoms with Crippen molar-refractivity contribution in [2.45, 2.75) is 39.3 Å². The minimum Gasteiger partial charge on any atom is -0.311 e. The molecule has 1 aliphatic heterocycles. The van der Waals surface area contributed by atoms with Gasteiger partial charge in [-0.25, -0.2) is 0 Å². The summed E-state index contributed by atoms with van der Waals surface area (Å²) in [6.07, 6.45) is 1.29. The Morgan fingerprint density at radius 1 is 1.27 bits per heavy atom. The Bertz CT molecular complexity index is 104. The summed E-state index contributed by atoms with van der Waals surface area (Å²) in [5.41, 5.74) is 0. The van der Waals surface area contributed by atoms with E-state index < -0.39 is 0 Å². The van der Waals surface area contributed by atoms with Crippen LogP contribution in [-0.4, -0.2) is 25.2 Å². The molecule has 1 rings (SSSR count). The highest BCUT2D eigenvalue weighted by Crippen LogP contribution is 2.06. The van der Waals surface area contributed by atoms with Gasteiger partial charge >= 0.3 is 0 Å². The fraction of sp³-hybridized carbons (Fsp3) is 1.00. The second kappa shape index (κ2) is 4.07. The van der Waals surface area contributed by atoms with Crippen molar-refractivity contribution in [3.63, 3.8) is 0 Å². The van der Waals surface area contributed by atoms with Gasteiger partial charge in [-0.1, -0.05) is 13.8 Å². The second-order valence-corrected chi connectivity index (χ2v) is 4.04. The van der Waals surface area contributed by atoms with Gasteiger partial charge in [0, 0.05) is 25.2 Å². The van der Waals surface area contributed by atoms with Gasteiger partial charge in [0.2, 0.25) is 0 Å². The third-order valence-corrected chi connectivity index (χ3v) is 2.18. The molecular weight excluding hydrogens is 136 g/mol. The Morgan fingerprint density at radius 2 is 2.00 bits per heavy atom. The lowest BCUT2D eigenvalue weighted by Crippen LogP contribution is -2.53. The zero-order valence-electron chi connectivity index (χ0n) is 7.85. The molecule has 0 bridgehead atoms. The molecule has 1 aliphatic rings. The number of nitrogens with one attached hydrogen (secondary N) is 2. The molecule has 0 spiro atoms. The van der Waals surface area contributed by atoms with E-state index in [1.54, 1.807) is 0 Å². The van der Waals surface area contributed by atoms with Gasteiger partial charge in [-0.2, -0.15) is 0 Å². The first-order valence-electron chi connectivity index (χ1n) is 4.65. The molecule has 2 N–H and O–H groups in total. The van der Waals surface area contributed by atoms with Crippen molar-refractivity contribution >= 4 is 0 Å². The Balaban J connectivity index is 2.17. The van der Waals surface area contributed by atoms with Crippen LogP contribution in [0, 0.1) is 5.92 Å². The van der Waals surface area contributed by atoms with Gasteiger partial charge in [0.05, 0.1) is 0 Å². The molecule has 1 fully saturated rings. The van der Waals surface area contributed by atoms with Crippen LogP contribution in [0.25, 0.3) is 0 Å². The maximum atomic E-state index is 3.54. The molecule has 0 aromatic rings. The first-order valence-corrected chi connectivity index (χ1v) is 4.65. The molecule has 0 radical (unpaired) electrons. The highest BCUT2D eigenvalue weighted by molar-refractivity contribution is 4.80. The van der Waals surface area contributed by atoms with Gasteiger partial charge in [-0.15, -0.1) is 0 Å². The Morgan fingerprint density at radius 3 is 2.45 bits per heavy atom. The van der Waals surface area contributed by atoms with Crippen LogP contribution in [0.4, 0.5) is 0 Å². The summed E-state index contributed by atoms with van der Waals surface area (Å²) in [5, 5.41) is 7.01. The average molecular weight is 156 g/mol. The Hall–Kier alpha value is -0.0800. The largest absolute Gasteiger partial charge is 0.311 e. The number of rotatable bonds is 2. The molecular formula is C9H20N2. The number of hydrogen-bond donors (Lipinski definition) is 2. The van der Waals surface area contributed by atoms with Crippen molar-refractivity contribution < 1.29 is 0 Å². The highest BCUT2D eigenvalue weighted by atomic mass is 15.1. The molecule has 1 saturated heterocycles. The molecule has 66 valence electrons. The number of piperazine rings is 1. The van der Waals surface area contributed by atoms with Gasteiger partial charge in [0.15, 0.2) is 0 Å². The summed E-state index contributed by atoms with van der Waals surface area (Å²) in [7, 11) is 0. The van der Waals surface area contributed by atoms with Crippen LogP contribution in [0.15, 0.2) is 0 Å². The van der Waals surface area contributed by atoms with Crippen molar-refractivity contribution in [3.05, 3.63) is 0 Å². The molecule has 0 saturated carbocycles. The molecule has 0 amide bonds. The van der Waals surface area contributed by atoms with Crippen molar-refractivity contribution in [3.8, 4) is 0 Å². The van der Waals surface area contributed by atoms with Crippen LogP contribution in [0.5, 0.6) is 0 Å². The van der Waals surface area contributed by atoms with Crippen molar-refractivity contribution in [1.82, 2.24) is 10.6 Å². The molecule has 0 aromatic heterocycles. The minimum absolute atomic E-state index is 0.651. The average Bonchev–Trinajstić information content (AvgIpc) is 1.93. The Kier molecular flexibility index (Phi) is 3.34. The van der Waals surface area contributed by atoms with E-state index in [0.29, 0.717) is 12.1 Å². The molecule has 1 heterocycles. The van der Waals surface area contributed by atoms with E-state index in [4.69, 9.17) is 0 Å². The lowest BCUT2D eigenvalue weighted by molar-refractivity contribution is 0.322. The van der Waals surface area contributed by atoms with Crippen LogP contribution in [0.3, 0.4) is 0 Å². The molecule has 2 nitrogen and oxygen atoms in total. The molecule has 0 aromatic carbocycles. The quantitative estimate of drug-likeness (QED) is 0.623. The minimum atomic E-state index is 0.651. The molecule has 0 aliphatic carbocycles. The van der Waals surface area contributed by atoms with Gasteiger partial charge in [0.1, 0.15) is 0 Å². The summed E-state index contributed by atoms with van der Waals surface area (Å²) in [5.74, 6) is 0.808. The van der Waals surface area contributed by atoms with Crippen molar-refractivity contribution in [1.29, 1.82) is 0 Å². The van der Waals surface area contributed by atoms with Crippen LogP contribution >= 0.6 is 0 Å². The standard InChI is InChI=1S/C9H20N2/c1-7(2)4-9-6-10-8(3)5-11-9/h7-11H,4-6H2,1-3H3/t8-,9+/m1/s1. The summed E-state index contributed by atoms with van der Waals surface area (Å²) in [6.45, 7) is 9.04. The monoisotopic (exact) mass is 156 g/mol. The number of hydrogen-bond acceptors (Lipinski definition) is 2. The molecule has 11 heavy (non-hydrogen) atoms. The third kappa shape index (κ3) is 3.21. The lowest BCUT2D eigenvalue weighted by atomic mass is 10.0. The van der Waals surface area contributed by atoms with E-state index in [1.165, 1.54) is 6.42 Å². The van der Waals surface area contributed by atoms with Crippen LogP contribution < -0.4 is 10.6 Å². The van der Waals surface area contributed by atoms with Gasteiger partial charge in [0.25, 0.3) is 0 Å². The zero-order chi connectivity index (χ0) is 8.27. The fourth-order valence-electron chi connectivity index (χ4n) is 1.57. The first kappa shape index (κ1) is 9.01. The van der Waals surface area contributed by atoms with E-state index in [0.717, 1.165) is 19.0 Å². The smallest absolute Gasteiger partial charge is 0.0195 e. The summed E-state index contributed by atoms with van der Waals surface area (Å²) in [6, 6.07) is 1.35. The maximum Gasteiger partial charge on any atom is 0.0195 e. The fourth-order valence-corrected chi connectivity index (χ4v) is 1.57. The molecule has 2 heteroatoms. The molecule has 2 atom stereocenters. The lowest BCUT2D eigenvalue weighted by Gasteiger charge is -2.30. The van der Waals surface area contributed by atoms with E-state index in [-0.39, 0.29) is 0 Å². The summed E-state index contributed by atoms with van der Waals surface area (Å²) in [4.78, 5) is 0. The van der Waals surface area contributed by atoms with E-state index in [2.05, 4.69) is 31.4 Å². The predicted octanol–water partition coefficient (Wildman–Crippen LogP) is 0.982. The van der Waals surface area contributed by atoms with Gasteiger partial charge < -0.3 is 10.6 Å². The first-order chi connectivity index (χ1) is 5.18. The van der Waals surface area contributed by atoms with Gasteiger partial charge in [-0.3, -0.25) is 0 Å². The topological polar surface area (TPSA) is 24.1 Å². The molecule has 0 unspecified atom stereocenters. The predicted molar refractivity (Wildman–Crippen MR) is 48.7 cm³/mol.